The molecule has 0 saturated carbocycles. The van der Waals surface area contributed by atoms with E-state index in [9.17, 15) is 4.39 Å². The predicted octanol–water partition coefficient (Wildman–Crippen LogP) is 3.20. The average Bonchev–Trinajstić information content (AvgIpc) is 2.23. The van der Waals surface area contributed by atoms with Gasteiger partial charge in [-0.3, -0.25) is 4.90 Å². The fraction of sp³-hybridized carbons (Fsp3) is 0.538. The lowest BCUT2D eigenvalue weighted by atomic mass is 10.1. The maximum Gasteiger partial charge on any atom is 0.137 e. The molecule has 1 fully saturated rings. The Balaban J connectivity index is 2.08. The second kappa shape index (κ2) is 5.04. The number of ether oxygens (including phenoxy) is 1. The van der Waals surface area contributed by atoms with Crippen LogP contribution >= 0.6 is 15.9 Å². The highest BCUT2D eigenvalue weighted by Gasteiger charge is 2.27. The zero-order valence-corrected chi connectivity index (χ0v) is 11.8. The molecule has 2 nitrogen and oxygen atoms in total. The molecule has 94 valence electrons. The number of rotatable bonds is 2. The minimum atomic E-state index is -0.199. The Morgan fingerprint density at radius 3 is 2.94 bits per heavy atom. The van der Waals surface area contributed by atoms with Crippen LogP contribution in [-0.4, -0.2) is 30.2 Å². The molecule has 1 heterocycles. The Labute approximate surface area is 110 Å². The van der Waals surface area contributed by atoms with Crippen LogP contribution in [0.15, 0.2) is 22.7 Å². The largest absolute Gasteiger partial charge is 0.373 e. The third-order valence-corrected chi connectivity index (χ3v) is 3.82. The van der Waals surface area contributed by atoms with Gasteiger partial charge in [-0.25, -0.2) is 4.39 Å². The number of nitrogens with zero attached hydrogens (tertiary/aromatic N) is 1. The molecule has 1 aromatic rings. The molecule has 0 aliphatic carbocycles. The van der Waals surface area contributed by atoms with Crippen molar-refractivity contribution in [2.75, 3.05) is 19.7 Å². The van der Waals surface area contributed by atoms with E-state index >= 15 is 0 Å². The molecule has 1 aliphatic rings. The molecule has 0 bridgehead atoms. The van der Waals surface area contributed by atoms with Crippen molar-refractivity contribution in [3.8, 4) is 0 Å². The van der Waals surface area contributed by atoms with Crippen molar-refractivity contribution in [2.45, 2.75) is 26.0 Å². The zero-order chi connectivity index (χ0) is 12.5. The first-order valence-corrected chi connectivity index (χ1v) is 6.56. The van der Waals surface area contributed by atoms with Crippen LogP contribution in [0.25, 0.3) is 0 Å². The van der Waals surface area contributed by atoms with Gasteiger partial charge in [-0.05, 0) is 41.4 Å². The van der Waals surface area contributed by atoms with Crippen molar-refractivity contribution in [3.05, 3.63) is 34.1 Å². The van der Waals surface area contributed by atoms with Crippen molar-refractivity contribution in [2.24, 2.45) is 0 Å². The van der Waals surface area contributed by atoms with Crippen LogP contribution in [0, 0.1) is 5.82 Å². The lowest BCUT2D eigenvalue weighted by Crippen LogP contribution is -2.47. The van der Waals surface area contributed by atoms with Crippen LogP contribution < -0.4 is 0 Å². The van der Waals surface area contributed by atoms with Gasteiger partial charge in [0, 0.05) is 19.6 Å². The molecule has 4 heteroatoms. The summed E-state index contributed by atoms with van der Waals surface area (Å²) in [4.78, 5) is 2.29. The number of morpholine rings is 1. The molecule has 2 rings (SSSR count). The van der Waals surface area contributed by atoms with E-state index in [1.165, 1.54) is 6.07 Å². The molecule has 0 spiro atoms. The minimum absolute atomic E-state index is 0.113. The van der Waals surface area contributed by atoms with Gasteiger partial charge in [0.05, 0.1) is 16.7 Å². The normalized spacial score (nSPS) is 20.5. The van der Waals surface area contributed by atoms with Crippen LogP contribution in [0.2, 0.25) is 0 Å². The Morgan fingerprint density at radius 2 is 2.24 bits per heavy atom. The smallest absolute Gasteiger partial charge is 0.137 e. The van der Waals surface area contributed by atoms with Gasteiger partial charge in [0.25, 0.3) is 0 Å². The van der Waals surface area contributed by atoms with Crippen LogP contribution in [-0.2, 0) is 11.3 Å². The summed E-state index contributed by atoms with van der Waals surface area (Å²) in [5.41, 5.74) is 0.876. The summed E-state index contributed by atoms with van der Waals surface area (Å²) in [6.45, 7) is 7.42. The van der Waals surface area contributed by atoms with Crippen molar-refractivity contribution in [1.82, 2.24) is 4.90 Å². The second-order valence-electron chi connectivity index (χ2n) is 5.03. The number of hydrogen-bond acceptors (Lipinski definition) is 2. The van der Waals surface area contributed by atoms with Gasteiger partial charge in [-0.15, -0.1) is 0 Å². The quantitative estimate of drug-likeness (QED) is 0.832. The Bertz CT molecular complexity index is 408. The molecular formula is C13H17BrFNO. The fourth-order valence-corrected chi connectivity index (χ4v) is 2.55. The third kappa shape index (κ3) is 3.27. The van der Waals surface area contributed by atoms with Gasteiger partial charge < -0.3 is 4.74 Å². The van der Waals surface area contributed by atoms with Gasteiger partial charge in [0.15, 0.2) is 0 Å². The highest BCUT2D eigenvalue weighted by molar-refractivity contribution is 9.10. The summed E-state index contributed by atoms with van der Waals surface area (Å²) in [6, 6.07) is 5.17. The molecule has 0 N–H and O–H groups in total. The van der Waals surface area contributed by atoms with Gasteiger partial charge in [0.1, 0.15) is 5.82 Å². The maximum atomic E-state index is 13.4. The summed E-state index contributed by atoms with van der Waals surface area (Å²) in [6.07, 6.45) is 0. The van der Waals surface area contributed by atoms with Crippen LogP contribution in [0.3, 0.4) is 0 Å². The van der Waals surface area contributed by atoms with Gasteiger partial charge in [-0.2, -0.15) is 0 Å². The van der Waals surface area contributed by atoms with E-state index in [-0.39, 0.29) is 11.4 Å². The Hall–Kier alpha value is -0.450. The lowest BCUT2D eigenvalue weighted by Gasteiger charge is -2.38. The molecule has 1 saturated heterocycles. The molecular weight excluding hydrogens is 285 g/mol. The molecule has 0 aromatic heterocycles. The summed E-state index contributed by atoms with van der Waals surface area (Å²) in [5, 5.41) is 0. The van der Waals surface area contributed by atoms with Crippen molar-refractivity contribution < 1.29 is 9.13 Å². The van der Waals surface area contributed by atoms with Gasteiger partial charge >= 0.3 is 0 Å². The number of benzene rings is 1. The fourth-order valence-electron chi connectivity index (χ4n) is 2.16. The molecule has 0 unspecified atom stereocenters. The van der Waals surface area contributed by atoms with E-state index in [1.54, 1.807) is 6.07 Å². The monoisotopic (exact) mass is 301 g/mol. The number of hydrogen-bond donors (Lipinski definition) is 0. The number of halogens is 2. The van der Waals surface area contributed by atoms with E-state index in [2.05, 4.69) is 34.7 Å². The summed E-state index contributed by atoms with van der Waals surface area (Å²) >= 11 is 3.30. The molecule has 0 radical (unpaired) electrons. The lowest BCUT2D eigenvalue weighted by molar-refractivity contribution is -0.0883. The summed E-state index contributed by atoms with van der Waals surface area (Å²) < 4.78 is 19.6. The third-order valence-electron chi connectivity index (χ3n) is 2.93. The van der Waals surface area contributed by atoms with Crippen molar-refractivity contribution in [3.63, 3.8) is 0 Å². The topological polar surface area (TPSA) is 12.5 Å². The van der Waals surface area contributed by atoms with Crippen LogP contribution in [0.1, 0.15) is 19.4 Å². The van der Waals surface area contributed by atoms with Crippen molar-refractivity contribution >= 4 is 15.9 Å². The molecule has 1 aromatic carbocycles. The van der Waals surface area contributed by atoms with E-state index in [4.69, 9.17) is 4.74 Å². The SMILES string of the molecule is CC1(C)CN(Cc2cccc(F)c2Br)CCO1. The van der Waals surface area contributed by atoms with Crippen LogP contribution in [0.4, 0.5) is 4.39 Å². The highest BCUT2D eigenvalue weighted by atomic mass is 79.9. The van der Waals surface area contributed by atoms with E-state index in [0.717, 1.165) is 31.8 Å². The molecule has 17 heavy (non-hydrogen) atoms. The minimum Gasteiger partial charge on any atom is -0.373 e. The van der Waals surface area contributed by atoms with Gasteiger partial charge in [0.2, 0.25) is 0 Å². The second-order valence-corrected chi connectivity index (χ2v) is 5.82. The van der Waals surface area contributed by atoms with E-state index < -0.39 is 0 Å². The molecule has 1 aliphatic heterocycles. The first-order chi connectivity index (χ1) is 7.98. The highest BCUT2D eigenvalue weighted by Crippen LogP contribution is 2.24. The van der Waals surface area contributed by atoms with E-state index in [0.29, 0.717) is 4.47 Å². The first kappa shape index (κ1) is 13.0. The molecule has 0 amide bonds. The van der Waals surface area contributed by atoms with Gasteiger partial charge in [-0.1, -0.05) is 12.1 Å². The van der Waals surface area contributed by atoms with Crippen molar-refractivity contribution in [1.29, 1.82) is 0 Å². The average molecular weight is 302 g/mol. The Kier molecular flexibility index (Phi) is 3.85. The summed E-state index contributed by atoms with van der Waals surface area (Å²) in [7, 11) is 0. The molecule has 0 atom stereocenters. The first-order valence-electron chi connectivity index (χ1n) is 5.77. The zero-order valence-electron chi connectivity index (χ0n) is 10.2. The maximum absolute atomic E-state index is 13.4. The Morgan fingerprint density at radius 1 is 1.47 bits per heavy atom. The predicted molar refractivity (Wildman–Crippen MR) is 69.4 cm³/mol. The standard InChI is InChI=1S/C13H17BrFNO/c1-13(2)9-16(6-7-17-13)8-10-4-3-5-11(15)12(10)14/h3-5H,6-9H2,1-2H3. The summed E-state index contributed by atoms with van der Waals surface area (Å²) in [5.74, 6) is -0.199. The van der Waals surface area contributed by atoms with Crippen LogP contribution in [0.5, 0.6) is 0 Å². The van der Waals surface area contributed by atoms with E-state index in [1.807, 2.05) is 6.07 Å².